The number of anilines is 1. The average molecular weight is 424 g/mol. The van der Waals surface area contributed by atoms with E-state index in [4.69, 9.17) is 27.9 Å². The summed E-state index contributed by atoms with van der Waals surface area (Å²) in [5.41, 5.74) is 1.17. The van der Waals surface area contributed by atoms with Crippen molar-refractivity contribution in [2.24, 2.45) is 4.99 Å². The first kappa shape index (κ1) is 19.5. The zero-order valence-corrected chi connectivity index (χ0v) is 16.5. The third-order valence-electron chi connectivity index (χ3n) is 3.63. The summed E-state index contributed by atoms with van der Waals surface area (Å²) < 4.78 is 5.12. The van der Waals surface area contributed by atoms with Crippen molar-refractivity contribution < 1.29 is 14.3 Å². The molecule has 1 fully saturated rings. The molecule has 0 aliphatic carbocycles. The summed E-state index contributed by atoms with van der Waals surface area (Å²) in [6, 6.07) is 11.9. The van der Waals surface area contributed by atoms with Crippen LogP contribution in [0.25, 0.3) is 0 Å². The second-order valence-electron chi connectivity index (χ2n) is 5.60. The Morgan fingerprint density at radius 2 is 2.07 bits per heavy atom. The molecule has 9 heteroatoms. The maximum Gasteiger partial charge on any atom is 0.240 e. The number of amides is 2. The van der Waals surface area contributed by atoms with E-state index < -0.39 is 5.25 Å². The number of carbonyl (C=O) groups is 2. The molecule has 1 aliphatic heterocycles. The average Bonchev–Trinajstić information content (AvgIpc) is 2.97. The topological polar surface area (TPSA) is 79.8 Å². The number of carbonyl (C=O) groups excluding carboxylic acids is 2. The van der Waals surface area contributed by atoms with E-state index in [1.807, 2.05) is 0 Å². The molecule has 2 N–H and O–H groups in total. The highest BCUT2D eigenvalue weighted by Gasteiger charge is 2.32. The summed E-state index contributed by atoms with van der Waals surface area (Å²) in [5.74, 6) is 0.100. The molecule has 0 spiro atoms. The van der Waals surface area contributed by atoms with E-state index in [9.17, 15) is 9.59 Å². The van der Waals surface area contributed by atoms with E-state index in [2.05, 4.69) is 15.6 Å². The normalized spacial score (nSPS) is 17.7. The summed E-state index contributed by atoms with van der Waals surface area (Å²) in [7, 11) is 1.55. The minimum Gasteiger partial charge on any atom is -0.497 e. The number of benzene rings is 2. The molecule has 1 heterocycles. The molecule has 6 nitrogen and oxygen atoms in total. The summed E-state index contributed by atoms with van der Waals surface area (Å²) in [4.78, 5) is 28.7. The molecular weight excluding hydrogens is 409 g/mol. The molecule has 0 saturated carbocycles. The number of amidine groups is 1. The van der Waals surface area contributed by atoms with Gasteiger partial charge in [0.2, 0.25) is 11.8 Å². The van der Waals surface area contributed by atoms with Gasteiger partial charge < -0.3 is 15.4 Å². The molecule has 1 saturated heterocycles. The fourth-order valence-electron chi connectivity index (χ4n) is 2.35. The van der Waals surface area contributed by atoms with Crippen molar-refractivity contribution in [3.63, 3.8) is 0 Å². The molecule has 1 aliphatic rings. The van der Waals surface area contributed by atoms with Crippen LogP contribution < -0.4 is 15.4 Å². The Morgan fingerprint density at radius 3 is 2.81 bits per heavy atom. The first-order valence-corrected chi connectivity index (χ1v) is 9.53. The van der Waals surface area contributed by atoms with Gasteiger partial charge in [0.1, 0.15) is 11.0 Å². The number of hydrogen-bond donors (Lipinski definition) is 2. The first-order valence-electron chi connectivity index (χ1n) is 7.90. The number of ether oxygens (including phenoxy) is 1. The largest absolute Gasteiger partial charge is 0.497 e. The minimum atomic E-state index is -0.558. The molecule has 1 atom stereocenters. The SMILES string of the molecule is COc1cccc(NC(=O)C[C@H]2SC(=Nc3ccc(Cl)c(Cl)c3)NC2=O)c1. The Labute approximate surface area is 170 Å². The predicted octanol–water partition coefficient (Wildman–Crippen LogP) is 4.25. The van der Waals surface area contributed by atoms with E-state index >= 15 is 0 Å². The van der Waals surface area contributed by atoms with Crippen molar-refractivity contribution in [1.82, 2.24) is 5.32 Å². The monoisotopic (exact) mass is 423 g/mol. The molecule has 27 heavy (non-hydrogen) atoms. The summed E-state index contributed by atoms with van der Waals surface area (Å²) in [6.07, 6.45) is 0.0219. The molecule has 3 rings (SSSR count). The highest BCUT2D eigenvalue weighted by Crippen LogP contribution is 2.29. The molecule has 0 aromatic heterocycles. The van der Waals surface area contributed by atoms with Crippen LogP contribution >= 0.6 is 35.0 Å². The Balaban J connectivity index is 1.62. The van der Waals surface area contributed by atoms with Crippen LogP contribution in [0.5, 0.6) is 5.75 Å². The molecular formula is C18H15Cl2N3O3S. The van der Waals surface area contributed by atoms with Gasteiger partial charge in [0.15, 0.2) is 5.17 Å². The Kier molecular flexibility index (Phi) is 6.26. The summed E-state index contributed by atoms with van der Waals surface area (Å²) in [6.45, 7) is 0. The molecule has 0 radical (unpaired) electrons. The van der Waals surface area contributed by atoms with Crippen LogP contribution in [0.3, 0.4) is 0 Å². The third-order valence-corrected chi connectivity index (χ3v) is 5.46. The van der Waals surface area contributed by atoms with Gasteiger partial charge in [-0.15, -0.1) is 0 Å². The lowest BCUT2D eigenvalue weighted by Gasteiger charge is -2.08. The Morgan fingerprint density at radius 1 is 1.26 bits per heavy atom. The predicted molar refractivity (Wildman–Crippen MR) is 109 cm³/mol. The molecule has 0 bridgehead atoms. The number of thioether (sulfide) groups is 1. The molecule has 2 aromatic rings. The van der Waals surface area contributed by atoms with Crippen molar-refractivity contribution in [1.29, 1.82) is 0 Å². The van der Waals surface area contributed by atoms with Crippen LogP contribution in [-0.4, -0.2) is 29.3 Å². The van der Waals surface area contributed by atoms with Gasteiger partial charge in [-0.2, -0.15) is 0 Å². The first-order chi connectivity index (χ1) is 12.9. The molecule has 2 amide bonds. The maximum atomic E-state index is 12.2. The molecule has 2 aromatic carbocycles. The minimum absolute atomic E-state index is 0.0219. The Bertz CT molecular complexity index is 920. The van der Waals surface area contributed by atoms with Crippen LogP contribution in [0.1, 0.15) is 6.42 Å². The quantitative estimate of drug-likeness (QED) is 0.752. The van der Waals surface area contributed by atoms with Crippen molar-refractivity contribution in [2.45, 2.75) is 11.7 Å². The van der Waals surface area contributed by atoms with Crippen LogP contribution in [0.4, 0.5) is 11.4 Å². The maximum absolute atomic E-state index is 12.2. The fraction of sp³-hybridized carbons (Fsp3) is 0.167. The number of nitrogens with one attached hydrogen (secondary N) is 2. The van der Waals surface area contributed by atoms with Gasteiger partial charge in [-0.1, -0.05) is 41.0 Å². The van der Waals surface area contributed by atoms with Crippen molar-refractivity contribution in [3.05, 3.63) is 52.5 Å². The number of halogens is 2. The summed E-state index contributed by atoms with van der Waals surface area (Å²) in [5, 5.41) is 6.09. The number of methoxy groups -OCH3 is 1. The van der Waals surface area contributed by atoms with E-state index in [0.29, 0.717) is 32.3 Å². The summed E-state index contributed by atoms with van der Waals surface area (Å²) >= 11 is 13.0. The van der Waals surface area contributed by atoms with Gasteiger partial charge in [-0.05, 0) is 30.3 Å². The second kappa shape index (κ2) is 8.65. The standard InChI is InChI=1S/C18H15Cl2N3O3S/c1-26-12-4-2-3-10(7-12)21-16(24)9-15-17(25)23-18(27-15)22-11-5-6-13(19)14(20)8-11/h2-8,15H,9H2,1H3,(H,21,24)(H,22,23,25)/t15-/m1/s1. The van der Waals surface area contributed by atoms with E-state index in [0.717, 1.165) is 0 Å². The number of hydrogen-bond acceptors (Lipinski definition) is 5. The zero-order chi connectivity index (χ0) is 19.4. The van der Waals surface area contributed by atoms with Gasteiger partial charge in [0, 0.05) is 18.2 Å². The van der Waals surface area contributed by atoms with Gasteiger partial charge in [0.05, 0.1) is 22.8 Å². The lowest BCUT2D eigenvalue weighted by Crippen LogP contribution is -2.28. The highest BCUT2D eigenvalue weighted by atomic mass is 35.5. The second-order valence-corrected chi connectivity index (χ2v) is 7.60. The lowest BCUT2D eigenvalue weighted by molar-refractivity contribution is -0.122. The van der Waals surface area contributed by atoms with Gasteiger partial charge in [0.25, 0.3) is 0 Å². The van der Waals surface area contributed by atoms with Crippen LogP contribution in [0, 0.1) is 0 Å². The van der Waals surface area contributed by atoms with E-state index in [1.165, 1.54) is 11.8 Å². The Hall–Kier alpha value is -2.22. The van der Waals surface area contributed by atoms with Crippen molar-refractivity contribution >= 4 is 63.3 Å². The molecule has 140 valence electrons. The van der Waals surface area contributed by atoms with Crippen molar-refractivity contribution in [3.8, 4) is 5.75 Å². The number of aliphatic imine (C=N–C) groups is 1. The lowest BCUT2D eigenvalue weighted by atomic mass is 10.2. The van der Waals surface area contributed by atoms with E-state index in [1.54, 1.807) is 49.6 Å². The van der Waals surface area contributed by atoms with Gasteiger partial charge in [-0.25, -0.2) is 4.99 Å². The smallest absolute Gasteiger partial charge is 0.240 e. The highest BCUT2D eigenvalue weighted by molar-refractivity contribution is 8.15. The third kappa shape index (κ3) is 5.15. The fourth-order valence-corrected chi connectivity index (χ4v) is 3.63. The van der Waals surface area contributed by atoms with Crippen molar-refractivity contribution in [2.75, 3.05) is 12.4 Å². The van der Waals surface area contributed by atoms with Crippen LogP contribution in [0.2, 0.25) is 10.0 Å². The number of rotatable bonds is 5. The van der Waals surface area contributed by atoms with Crippen LogP contribution in [0.15, 0.2) is 47.5 Å². The van der Waals surface area contributed by atoms with Crippen LogP contribution in [-0.2, 0) is 9.59 Å². The zero-order valence-electron chi connectivity index (χ0n) is 14.2. The van der Waals surface area contributed by atoms with Gasteiger partial charge >= 0.3 is 0 Å². The molecule has 0 unspecified atom stereocenters. The van der Waals surface area contributed by atoms with E-state index in [-0.39, 0.29) is 18.2 Å². The van der Waals surface area contributed by atoms with Gasteiger partial charge in [-0.3, -0.25) is 9.59 Å². The number of nitrogens with zero attached hydrogens (tertiary/aromatic N) is 1.